The number of carbonyl (C=O) groups excluding carboxylic acids is 4. The highest BCUT2D eigenvalue weighted by molar-refractivity contribution is 5.95. The van der Waals surface area contributed by atoms with Crippen molar-refractivity contribution in [3.63, 3.8) is 0 Å². The van der Waals surface area contributed by atoms with Gasteiger partial charge >= 0.3 is 11.9 Å². The van der Waals surface area contributed by atoms with Crippen LogP contribution in [0.2, 0.25) is 0 Å². The fourth-order valence-corrected chi connectivity index (χ4v) is 3.15. The summed E-state index contributed by atoms with van der Waals surface area (Å²) in [4.78, 5) is 71.7. The summed E-state index contributed by atoms with van der Waals surface area (Å²) in [6.45, 7) is 0.659. The number of aliphatic carboxylic acids is 2. The molecule has 0 aliphatic carbocycles. The Hall–Kier alpha value is -3.30. The highest BCUT2D eigenvalue weighted by Gasteiger charge is 2.31. The van der Waals surface area contributed by atoms with Crippen molar-refractivity contribution in [2.45, 2.75) is 82.0 Å². The van der Waals surface area contributed by atoms with E-state index in [-0.39, 0.29) is 25.7 Å². The van der Waals surface area contributed by atoms with Crippen molar-refractivity contribution in [3.05, 3.63) is 0 Å². The summed E-state index contributed by atoms with van der Waals surface area (Å²) >= 11 is 0. The first-order chi connectivity index (χ1) is 16.9. The number of amides is 4. The second kappa shape index (κ2) is 18.0. The SMILES string of the molecule is NCCCCC(NC(=O)C(CC(=O)O)NC(=O)C(CCCCN)NC(=O)C(N)CCC(N)=O)C(=O)O. The van der Waals surface area contributed by atoms with E-state index in [4.69, 9.17) is 22.9 Å². The predicted molar refractivity (Wildman–Crippen MR) is 128 cm³/mol. The van der Waals surface area contributed by atoms with Crippen LogP contribution in [0.1, 0.15) is 57.8 Å². The zero-order valence-electron chi connectivity index (χ0n) is 20.2. The number of primary amides is 1. The van der Waals surface area contributed by atoms with Crippen LogP contribution in [0.15, 0.2) is 0 Å². The molecule has 0 fully saturated rings. The lowest BCUT2D eigenvalue weighted by molar-refractivity contribution is -0.144. The number of nitrogens with two attached hydrogens (primary N) is 4. The van der Waals surface area contributed by atoms with Crippen LogP contribution >= 0.6 is 0 Å². The van der Waals surface area contributed by atoms with Gasteiger partial charge in [-0.05, 0) is 58.0 Å². The van der Waals surface area contributed by atoms with Gasteiger partial charge in [0, 0.05) is 6.42 Å². The zero-order valence-corrected chi connectivity index (χ0v) is 20.2. The van der Waals surface area contributed by atoms with Crippen molar-refractivity contribution in [3.8, 4) is 0 Å². The van der Waals surface area contributed by atoms with Crippen molar-refractivity contribution in [1.29, 1.82) is 0 Å². The minimum absolute atomic E-state index is 0.0525. The lowest BCUT2D eigenvalue weighted by Crippen LogP contribution is -2.57. The van der Waals surface area contributed by atoms with Crippen LogP contribution < -0.4 is 38.9 Å². The van der Waals surface area contributed by atoms with E-state index in [2.05, 4.69) is 16.0 Å². The largest absolute Gasteiger partial charge is 0.481 e. The van der Waals surface area contributed by atoms with Crippen molar-refractivity contribution in [2.24, 2.45) is 22.9 Å². The molecule has 15 heteroatoms. The number of carboxylic acids is 2. The molecule has 0 heterocycles. The van der Waals surface area contributed by atoms with E-state index < -0.39 is 66.2 Å². The zero-order chi connectivity index (χ0) is 27.7. The third kappa shape index (κ3) is 14.2. The Morgan fingerprint density at radius 2 is 1.14 bits per heavy atom. The van der Waals surface area contributed by atoms with Crippen molar-refractivity contribution < 1.29 is 39.0 Å². The minimum atomic E-state index is -1.61. The monoisotopic (exact) mass is 517 g/mol. The number of rotatable bonds is 20. The van der Waals surface area contributed by atoms with Gasteiger partial charge in [-0.15, -0.1) is 0 Å². The molecule has 206 valence electrons. The molecule has 4 atom stereocenters. The summed E-state index contributed by atoms with van der Waals surface area (Å²) in [7, 11) is 0. The number of carbonyl (C=O) groups is 6. The number of nitrogens with one attached hydrogen (secondary N) is 3. The molecule has 0 aromatic rings. The Balaban J connectivity index is 5.47. The first-order valence-electron chi connectivity index (χ1n) is 11.7. The maximum atomic E-state index is 12.9. The van der Waals surface area contributed by atoms with Crippen LogP contribution in [0.5, 0.6) is 0 Å². The molecule has 4 unspecified atom stereocenters. The van der Waals surface area contributed by atoms with Gasteiger partial charge in [0.1, 0.15) is 18.1 Å². The number of unbranched alkanes of at least 4 members (excludes halogenated alkanes) is 2. The molecule has 0 aromatic carbocycles. The van der Waals surface area contributed by atoms with Gasteiger partial charge in [-0.3, -0.25) is 24.0 Å². The van der Waals surface area contributed by atoms with E-state index >= 15 is 0 Å². The lowest BCUT2D eigenvalue weighted by atomic mass is 10.0. The maximum Gasteiger partial charge on any atom is 0.326 e. The molecule has 0 aromatic heterocycles. The third-order valence-electron chi connectivity index (χ3n) is 5.19. The highest BCUT2D eigenvalue weighted by atomic mass is 16.4. The van der Waals surface area contributed by atoms with Gasteiger partial charge in [0.25, 0.3) is 0 Å². The standard InChI is InChI=1S/C21H39N7O8/c22-9-3-1-5-13(26-18(32)12(24)7-8-16(25)29)19(33)28-15(11-17(30)31)20(34)27-14(21(35)36)6-2-4-10-23/h12-15H,1-11,22-24H2,(H2,25,29)(H,26,32)(H,27,34)(H,28,33)(H,30,31)(H,35,36). The Morgan fingerprint density at radius 1 is 0.667 bits per heavy atom. The van der Waals surface area contributed by atoms with Crippen LogP contribution in [0.3, 0.4) is 0 Å². The molecule has 0 saturated carbocycles. The summed E-state index contributed by atoms with van der Waals surface area (Å²) < 4.78 is 0. The maximum absolute atomic E-state index is 12.9. The summed E-state index contributed by atoms with van der Waals surface area (Å²) in [5, 5.41) is 25.5. The fraction of sp³-hybridized carbons (Fsp3) is 0.714. The predicted octanol–water partition coefficient (Wildman–Crippen LogP) is -3.15. The summed E-state index contributed by atoms with van der Waals surface area (Å²) in [6, 6.07) is -5.23. The second-order valence-corrected chi connectivity index (χ2v) is 8.30. The average Bonchev–Trinajstić information content (AvgIpc) is 2.80. The lowest BCUT2D eigenvalue weighted by Gasteiger charge is -2.24. The van der Waals surface area contributed by atoms with Crippen LogP contribution in [0.25, 0.3) is 0 Å². The first kappa shape index (κ1) is 32.7. The van der Waals surface area contributed by atoms with Gasteiger partial charge in [-0.2, -0.15) is 0 Å². The molecular formula is C21H39N7O8. The molecule has 0 aliphatic rings. The Kier molecular flexibility index (Phi) is 16.4. The quantitative estimate of drug-likeness (QED) is 0.0726. The fourth-order valence-electron chi connectivity index (χ4n) is 3.15. The van der Waals surface area contributed by atoms with E-state index in [1.807, 2.05) is 0 Å². The molecule has 0 spiro atoms. The average molecular weight is 518 g/mol. The number of carboxylic acid groups (broad SMARTS) is 2. The smallest absolute Gasteiger partial charge is 0.326 e. The van der Waals surface area contributed by atoms with Crippen LogP contribution in [-0.2, 0) is 28.8 Å². The summed E-state index contributed by atoms with van der Waals surface area (Å²) in [6.07, 6.45) is 1.03. The number of hydrogen-bond acceptors (Lipinski definition) is 9. The van der Waals surface area contributed by atoms with Gasteiger partial charge in [-0.25, -0.2) is 4.79 Å². The van der Waals surface area contributed by atoms with E-state index in [1.54, 1.807) is 0 Å². The topological polar surface area (TPSA) is 283 Å². The van der Waals surface area contributed by atoms with Crippen LogP contribution in [0.4, 0.5) is 0 Å². The molecule has 15 nitrogen and oxygen atoms in total. The summed E-state index contributed by atoms with van der Waals surface area (Å²) in [5.74, 6) is -6.00. The van der Waals surface area contributed by atoms with Crippen molar-refractivity contribution in [2.75, 3.05) is 13.1 Å². The third-order valence-corrected chi connectivity index (χ3v) is 5.19. The Morgan fingerprint density at radius 3 is 1.61 bits per heavy atom. The first-order valence-corrected chi connectivity index (χ1v) is 11.7. The minimum Gasteiger partial charge on any atom is -0.481 e. The van der Waals surface area contributed by atoms with Gasteiger partial charge in [0.2, 0.25) is 23.6 Å². The van der Waals surface area contributed by atoms with E-state index in [0.717, 1.165) is 0 Å². The van der Waals surface area contributed by atoms with Crippen molar-refractivity contribution in [1.82, 2.24) is 16.0 Å². The Labute approximate surface area is 209 Å². The summed E-state index contributed by atoms with van der Waals surface area (Å²) in [5.41, 5.74) is 21.7. The van der Waals surface area contributed by atoms with Gasteiger partial charge in [0.05, 0.1) is 12.5 Å². The molecule has 0 bridgehead atoms. The second-order valence-electron chi connectivity index (χ2n) is 8.30. The van der Waals surface area contributed by atoms with Crippen LogP contribution in [0, 0.1) is 0 Å². The highest BCUT2D eigenvalue weighted by Crippen LogP contribution is 2.06. The van der Waals surface area contributed by atoms with E-state index in [1.165, 1.54) is 0 Å². The number of hydrogen-bond donors (Lipinski definition) is 9. The molecule has 13 N–H and O–H groups in total. The molecule has 36 heavy (non-hydrogen) atoms. The Bertz CT molecular complexity index is 765. The molecule has 0 rings (SSSR count). The normalized spacial score (nSPS) is 14.1. The molecule has 0 radical (unpaired) electrons. The van der Waals surface area contributed by atoms with Gasteiger partial charge in [0.15, 0.2) is 0 Å². The molecule has 0 saturated heterocycles. The van der Waals surface area contributed by atoms with Crippen LogP contribution in [-0.4, -0.2) is 83.0 Å². The molecule has 0 aliphatic heterocycles. The molecular weight excluding hydrogens is 478 g/mol. The van der Waals surface area contributed by atoms with E-state index in [0.29, 0.717) is 38.8 Å². The van der Waals surface area contributed by atoms with E-state index in [9.17, 15) is 39.0 Å². The van der Waals surface area contributed by atoms with Gasteiger partial charge in [-0.1, -0.05) is 0 Å². The molecule has 4 amide bonds. The van der Waals surface area contributed by atoms with Gasteiger partial charge < -0.3 is 49.1 Å². The van der Waals surface area contributed by atoms with Crippen molar-refractivity contribution >= 4 is 35.6 Å².